The topological polar surface area (TPSA) is 99.2 Å². The number of likely N-dealkylation sites (N-methyl/N-ethyl adjacent to an activating group) is 1. The molecule has 0 spiro atoms. The smallest absolute Gasteiger partial charge is 0.317 e. The molecule has 3 atom stereocenters. The maximum absolute atomic E-state index is 13.7. The van der Waals surface area contributed by atoms with Crippen molar-refractivity contribution in [1.29, 1.82) is 0 Å². The first-order chi connectivity index (χ1) is 18.2. The highest BCUT2D eigenvalue weighted by Gasteiger charge is 2.38. The van der Waals surface area contributed by atoms with E-state index in [0.717, 1.165) is 36.8 Å². The second-order valence-electron chi connectivity index (χ2n) is 10.5. The molecular formula is C29H39N3O5S. The number of ether oxygens (including phenoxy) is 1. The number of carbonyl (C=O) groups is 1. The molecule has 1 heterocycles. The lowest BCUT2D eigenvalue weighted by Crippen LogP contribution is -2.51. The average molecular weight is 542 g/mol. The van der Waals surface area contributed by atoms with Gasteiger partial charge in [0.2, 0.25) is 10.0 Å². The van der Waals surface area contributed by atoms with Crippen molar-refractivity contribution in [2.24, 2.45) is 5.92 Å². The van der Waals surface area contributed by atoms with Gasteiger partial charge in [-0.3, -0.25) is 0 Å². The van der Waals surface area contributed by atoms with Crippen LogP contribution in [0.4, 0.5) is 4.79 Å². The highest BCUT2D eigenvalue weighted by Crippen LogP contribution is 2.34. The van der Waals surface area contributed by atoms with Crippen LogP contribution in [0.15, 0.2) is 53.4 Å². The fourth-order valence-corrected chi connectivity index (χ4v) is 6.85. The Morgan fingerprint density at radius 1 is 1.16 bits per heavy atom. The molecule has 1 aliphatic carbocycles. The number of aliphatic hydroxyl groups is 1. The van der Waals surface area contributed by atoms with Crippen LogP contribution in [0, 0.1) is 5.92 Å². The van der Waals surface area contributed by atoms with Gasteiger partial charge in [-0.15, -0.1) is 0 Å². The van der Waals surface area contributed by atoms with E-state index in [1.165, 1.54) is 4.31 Å². The Bertz CT molecular complexity index is 1230. The number of sulfonamides is 1. The summed E-state index contributed by atoms with van der Waals surface area (Å²) in [5.74, 6) is 0.00803. The van der Waals surface area contributed by atoms with Gasteiger partial charge in [-0.05, 0) is 43.0 Å². The number of fused-ring (bicyclic) bond motifs is 1. The quantitative estimate of drug-likeness (QED) is 0.512. The van der Waals surface area contributed by atoms with E-state index >= 15 is 0 Å². The third-order valence-corrected chi connectivity index (χ3v) is 9.46. The first-order valence-electron chi connectivity index (χ1n) is 13.4. The molecule has 2 aliphatic rings. The molecule has 206 valence electrons. The SMILES string of the molecule is C[C@@H]1CN([C@@H](C)CO)S(=O)(=O)c2ccc(/C=C/c3ccccc3)cc2O[C@H]1CN(C)C(=O)NC1CCCC1. The summed E-state index contributed by atoms with van der Waals surface area (Å²) in [6, 6.07) is 14.3. The number of rotatable bonds is 7. The summed E-state index contributed by atoms with van der Waals surface area (Å²) in [6.45, 7) is 3.78. The number of aliphatic hydroxyl groups excluding tert-OH is 1. The van der Waals surface area contributed by atoms with Crippen LogP contribution in [0.1, 0.15) is 50.7 Å². The molecular weight excluding hydrogens is 502 g/mol. The number of urea groups is 1. The third-order valence-electron chi connectivity index (χ3n) is 7.44. The first kappa shape index (κ1) is 28.1. The zero-order chi connectivity index (χ0) is 27.3. The van der Waals surface area contributed by atoms with Crippen molar-refractivity contribution in [3.05, 3.63) is 59.7 Å². The lowest BCUT2D eigenvalue weighted by atomic mass is 10.0. The maximum atomic E-state index is 13.7. The first-order valence-corrected chi connectivity index (χ1v) is 14.8. The van der Waals surface area contributed by atoms with E-state index in [0.29, 0.717) is 6.54 Å². The van der Waals surface area contributed by atoms with Gasteiger partial charge in [0.05, 0.1) is 13.2 Å². The number of carbonyl (C=O) groups excluding carboxylic acids is 1. The maximum Gasteiger partial charge on any atom is 0.317 e. The van der Waals surface area contributed by atoms with Crippen molar-refractivity contribution in [3.63, 3.8) is 0 Å². The number of amides is 2. The summed E-state index contributed by atoms with van der Waals surface area (Å²) < 4.78 is 35.1. The second-order valence-corrected chi connectivity index (χ2v) is 12.4. The summed E-state index contributed by atoms with van der Waals surface area (Å²) in [6.07, 6.45) is 7.66. The van der Waals surface area contributed by atoms with Crippen molar-refractivity contribution in [1.82, 2.24) is 14.5 Å². The van der Waals surface area contributed by atoms with Gasteiger partial charge >= 0.3 is 6.03 Å². The number of nitrogens with one attached hydrogen (secondary N) is 1. The van der Waals surface area contributed by atoms with Crippen molar-refractivity contribution in [2.75, 3.05) is 26.7 Å². The number of hydrogen-bond donors (Lipinski definition) is 2. The minimum Gasteiger partial charge on any atom is -0.487 e. The number of benzene rings is 2. The largest absolute Gasteiger partial charge is 0.487 e. The molecule has 0 radical (unpaired) electrons. The Morgan fingerprint density at radius 3 is 2.53 bits per heavy atom. The van der Waals surface area contributed by atoms with Gasteiger partial charge in [-0.25, -0.2) is 13.2 Å². The van der Waals surface area contributed by atoms with Crippen molar-refractivity contribution in [2.45, 2.75) is 62.6 Å². The third kappa shape index (κ3) is 6.57. The molecule has 8 nitrogen and oxygen atoms in total. The van der Waals surface area contributed by atoms with Gasteiger partial charge in [-0.1, -0.05) is 68.3 Å². The van der Waals surface area contributed by atoms with Crippen molar-refractivity contribution < 1.29 is 23.1 Å². The van der Waals surface area contributed by atoms with Gasteiger partial charge in [0, 0.05) is 31.6 Å². The zero-order valence-corrected chi connectivity index (χ0v) is 23.2. The zero-order valence-electron chi connectivity index (χ0n) is 22.4. The lowest BCUT2D eigenvalue weighted by molar-refractivity contribution is 0.0808. The Balaban J connectivity index is 1.64. The Kier molecular flexibility index (Phi) is 9.12. The molecule has 4 rings (SSSR count). The molecule has 1 aliphatic heterocycles. The van der Waals surface area contributed by atoms with Gasteiger partial charge < -0.3 is 20.1 Å². The molecule has 38 heavy (non-hydrogen) atoms. The minimum atomic E-state index is -3.92. The Hall–Kier alpha value is -2.88. The minimum absolute atomic E-state index is 0.0598. The molecule has 2 amide bonds. The van der Waals surface area contributed by atoms with E-state index in [-0.39, 0.29) is 41.8 Å². The fourth-order valence-electron chi connectivity index (χ4n) is 5.03. The summed E-state index contributed by atoms with van der Waals surface area (Å²) in [7, 11) is -2.18. The van der Waals surface area contributed by atoms with E-state index in [1.807, 2.05) is 49.4 Å². The monoisotopic (exact) mass is 541 g/mol. The van der Waals surface area contributed by atoms with E-state index in [4.69, 9.17) is 4.74 Å². The molecule has 1 fully saturated rings. The number of nitrogens with zero attached hydrogens (tertiary/aromatic N) is 2. The molecule has 2 aromatic carbocycles. The molecule has 2 aromatic rings. The van der Waals surface area contributed by atoms with E-state index in [1.54, 1.807) is 37.1 Å². The summed E-state index contributed by atoms with van der Waals surface area (Å²) in [5, 5.41) is 13.0. The summed E-state index contributed by atoms with van der Waals surface area (Å²) >= 11 is 0. The Labute approximate surface area is 226 Å². The van der Waals surface area contributed by atoms with Crippen LogP contribution in [0.3, 0.4) is 0 Å². The standard InChI is InChI=1S/C29H39N3O5S/c1-21-18-32(22(2)20-33)38(35,36)28-16-15-24(14-13-23-9-5-4-6-10-23)17-26(28)37-27(21)19-31(3)29(34)30-25-11-7-8-12-25/h4-6,9-10,13-17,21-22,25,27,33H,7-8,11-12,18-20H2,1-3H3,(H,30,34)/b14-13+/t21-,22+,27+/m1/s1. The molecule has 9 heteroatoms. The Morgan fingerprint density at radius 2 is 1.84 bits per heavy atom. The van der Waals surface area contributed by atoms with Crippen molar-refractivity contribution in [3.8, 4) is 5.75 Å². The van der Waals surface area contributed by atoms with Gasteiger partial charge in [0.1, 0.15) is 16.7 Å². The average Bonchev–Trinajstić information content (AvgIpc) is 3.42. The van der Waals surface area contributed by atoms with Crippen LogP contribution in [0.25, 0.3) is 12.2 Å². The van der Waals surface area contributed by atoms with Crippen LogP contribution < -0.4 is 10.1 Å². The van der Waals surface area contributed by atoms with E-state index in [2.05, 4.69) is 5.32 Å². The van der Waals surface area contributed by atoms with Crippen LogP contribution >= 0.6 is 0 Å². The van der Waals surface area contributed by atoms with Gasteiger partial charge in [0.15, 0.2) is 0 Å². The summed E-state index contributed by atoms with van der Waals surface area (Å²) in [5.41, 5.74) is 1.82. The predicted octanol–water partition coefficient (Wildman–Crippen LogP) is 4.21. The second kappa shape index (κ2) is 12.3. The normalized spacial score (nSPS) is 22.7. The predicted molar refractivity (Wildman–Crippen MR) is 149 cm³/mol. The van der Waals surface area contributed by atoms with Gasteiger partial charge in [0.25, 0.3) is 0 Å². The highest BCUT2D eigenvalue weighted by molar-refractivity contribution is 7.89. The molecule has 1 saturated carbocycles. The van der Waals surface area contributed by atoms with E-state index in [9.17, 15) is 18.3 Å². The lowest BCUT2D eigenvalue weighted by Gasteiger charge is -2.37. The molecule has 0 unspecified atom stereocenters. The number of hydrogen-bond acceptors (Lipinski definition) is 5. The van der Waals surface area contributed by atoms with Crippen molar-refractivity contribution >= 4 is 28.2 Å². The van der Waals surface area contributed by atoms with Crippen LogP contribution in [0.5, 0.6) is 5.75 Å². The highest BCUT2D eigenvalue weighted by atomic mass is 32.2. The van der Waals surface area contributed by atoms with Crippen LogP contribution in [-0.4, -0.2) is 73.7 Å². The fraction of sp³-hybridized carbons (Fsp3) is 0.483. The molecule has 0 saturated heterocycles. The molecule has 2 N–H and O–H groups in total. The molecule has 0 aromatic heterocycles. The molecule has 0 bridgehead atoms. The van der Waals surface area contributed by atoms with Gasteiger partial charge in [-0.2, -0.15) is 4.31 Å². The van der Waals surface area contributed by atoms with E-state index < -0.39 is 22.2 Å². The van der Waals surface area contributed by atoms with Crippen LogP contribution in [-0.2, 0) is 10.0 Å². The summed E-state index contributed by atoms with van der Waals surface area (Å²) in [4.78, 5) is 14.6. The van der Waals surface area contributed by atoms with Crippen LogP contribution in [0.2, 0.25) is 0 Å².